The molecule has 1 saturated carbocycles. The Hall–Kier alpha value is -4.81. The van der Waals surface area contributed by atoms with E-state index >= 15 is 0 Å². The van der Waals surface area contributed by atoms with Gasteiger partial charge in [-0.15, -0.1) is 0 Å². The molecular weight excluding hydrogens is 656 g/mol. The van der Waals surface area contributed by atoms with E-state index in [0.29, 0.717) is 40.9 Å². The second-order valence-electron chi connectivity index (χ2n) is 14.8. The summed E-state index contributed by atoms with van der Waals surface area (Å²) in [6.07, 6.45) is 11.1. The molecule has 13 nitrogen and oxygen atoms in total. The number of alkyl carbamates (subject to hydrolysis) is 1. The molecule has 1 saturated heterocycles. The summed E-state index contributed by atoms with van der Waals surface area (Å²) in [6.45, 7) is 5.26. The fraction of sp³-hybridized carbons (Fsp3) is 0.553. The van der Waals surface area contributed by atoms with Crippen LogP contribution in [0.25, 0.3) is 10.9 Å². The van der Waals surface area contributed by atoms with Crippen molar-refractivity contribution < 1.29 is 43.2 Å². The Balaban J connectivity index is 1.33. The van der Waals surface area contributed by atoms with Gasteiger partial charge in [0.25, 0.3) is 0 Å². The minimum Gasteiger partial charge on any atom is -0.497 e. The first-order chi connectivity index (χ1) is 24.4. The molecule has 4 heterocycles. The Morgan fingerprint density at radius 3 is 2.65 bits per heavy atom. The van der Waals surface area contributed by atoms with E-state index in [4.69, 9.17) is 23.9 Å². The summed E-state index contributed by atoms with van der Waals surface area (Å²) in [6, 6.07) is 5.31. The second kappa shape index (κ2) is 14.8. The molecule has 274 valence electrons. The highest BCUT2D eigenvalue weighted by Gasteiger charge is 2.61. The first kappa shape index (κ1) is 36.0. The molecule has 1 aromatic heterocycles. The Kier molecular flexibility index (Phi) is 10.5. The number of aliphatic carboxylic acids is 1. The number of carbonyl (C=O) groups is 4. The predicted octanol–water partition coefficient (Wildman–Crippen LogP) is 5.33. The van der Waals surface area contributed by atoms with Crippen LogP contribution in [0, 0.1) is 5.92 Å². The van der Waals surface area contributed by atoms with Crippen molar-refractivity contribution in [1.29, 1.82) is 0 Å². The molecule has 6 atom stereocenters. The lowest BCUT2D eigenvalue weighted by Crippen LogP contribution is -2.56. The number of methoxy groups -OCH3 is 1. The van der Waals surface area contributed by atoms with E-state index in [1.54, 1.807) is 34.1 Å². The van der Waals surface area contributed by atoms with Crippen LogP contribution in [0.5, 0.6) is 11.5 Å². The topological polar surface area (TPSA) is 166 Å². The molecule has 5 unspecified atom stereocenters. The van der Waals surface area contributed by atoms with E-state index in [1.165, 1.54) is 4.90 Å². The first-order valence-electron chi connectivity index (χ1n) is 17.8. The zero-order chi connectivity index (χ0) is 36.3. The summed E-state index contributed by atoms with van der Waals surface area (Å²) in [7, 11) is 1.58. The van der Waals surface area contributed by atoms with Crippen LogP contribution in [0.2, 0.25) is 0 Å². The monoisotopic (exact) mass is 704 g/mol. The van der Waals surface area contributed by atoms with Gasteiger partial charge in [0.2, 0.25) is 11.8 Å². The number of nitrogens with zero attached hydrogens (tertiary/aromatic N) is 2. The number of amides is 3. The number of rotatable bonds is 6. The van der Waals surface area contributed by atoms with Gasteiger partial charge >= 0.3 is 12.1 Å². The summed E-state index contributed by atoms with van der Waals surface area (Å²) in [4.78, 5) is 60.2. The normalized spacial score (nSPS) is 28.9. The third-order valence-electron chi connectivity index (χ3n) is 9.87. The Morgan fingerprint density at radius 2 is 1.92 bits per heavy atom. The summed E-state index contributed by atoms with van der Waals surface area (Å²) in [5, 5.41) is 16.5. The number of fused-ring (bicyclic) bond motifs is 3. The van der Waals surface area contributed by atoms with E-state index < -0.39 is 53.2 Å². The average Bonchev–Trinajstić information content (AvgIpc) is 3.63. The van der Waals surface area contributed by atoms with Crippen molar-refractivity contribution in [3.05, 3.63) is 54.4 Å². The molecular formula is C38H48N4O9. The van der Waals surface area contributed by atoms with Crippen LogP contribution in [0.15, 0.2) is 48.8 Å². The Morgan fingerprint density at radius 1 is 1.10 bits per heavy atom. The van der Waals surface area contributed by atoms with Crippen molar-refractivity contribution in [3.63, 3.8) is 0 Å². The number of aromatic nitrogens is 1. The maximum absolute atomic E-state index is 14.4. The van der Waals surface area contributed by atoms with Crippen LogP contribution >= 0.6 is 0 Å². The molecule has 3 aliphatic heterocycles. The highest BCUT2D eigenvalue weighted by molar-refractivity contribution is 5.96. The summed E-state index contributed by atoms with van der Waals surface area (Å²) >= 11 is 0. The fourth-order valence-corrected chi connectivity index (χ4v) is 7.11. The van der Waals surface area contributed by atoms with Gasteiger partial charge in [-0.2, -0.15) is 0 Å². The van der Waals surface area contributed by atoms with Crippen molar-refractivity contribution in [2.75, 3.05) is 13.7 Å². The van der Waals surface area contributed by atoms with Crippen molar-refractivity contribution in [1.82, 2.24) is 20.5 Å². The lowest BCUT2D eigenvalue weighted by molar-refractivity contribution is -0.145. The largest absolute Gasteiger partial charge is 0.497 e. The van der Waals surface area contributed by atoms with Crippen LogP contribution in [-0.2, 0) is 23.9 Å². The number of carboxylic acid groups (broad SMARTS) is 1. The van der Waals surface area contributed by atoms with Crippen LogP contribution in [0.1, 0.15) is 90.4 Å². The summed E-state index contributed by atoms with van der Waals surface area (Å²) in [5.41, 5.74) is -0.914. The zero-order valence-electron chi connectivity index (χ0n) is 29.7. The number of ether oxygens (including phenoxy) is 4. The lowest BCUT2D eigenvalue weighted by atomic mass is 10.0. The smallest absolute Gasteiger partial charge is 0.408 e. The standard InChI is InChI=1S/C38H48N4O9/c1-37(2,3)51-36(47)40-27-13-9-7-5-6-8-12-23-21-38(23,35(45)46)41-33(43)30-19-25(22-42(30)34(27)44)50-32-20-29(31-14-10-11-17-49-31)39-28-18-24(48-4)15-16-26(28)32/h8,11-12,15-18,20,23,25,27,30-31H,5-7,9-10,13-14,19,21-22H2,1-4H3,(H,40,47)(H,41,43)(H,45,46)/b12-8-/t23?,25-,27?,30?,31?,38?/m1/s1. The maximum atomic E-state index is 14.4. The second-order valence-corrected chi connectivity index (χ2v) is 14.8. The molecule has 2 aromatic rings. The van der Waals surface area contributed by atoms with Crippen molar-refractivity contribution in [2.45, 2.75) is 114 Å². The number of nitrogens with one attached hydrogen (secondary N) is 2. The van der Waals surface area contributed by atoms with Gasteiger partial charge in [0.1, 0.15) is 46.9 Å². The van der Waals surface area contributed by atoms with E-state index in [9.17, 15) is 24.3 Å². The van der Waals surface area contributed by atoms with Gasteiger partial charge in [0.15, 0.2) is 0 Å². The average molecular weight is 705 g/mol. The molecule has 1 aliphatic carbocycles. The van der Waals surface area contributed by atoms with Gasteiger partial charge in [-0.25, -0.2) is 14.6 Å². The number of carboxylic acids is 1. The quantitative estimate of drug-likeness (QED) is 0.335. The van der Waals surface area contributed by atoms with Gasteiger partial charge in [0.05, 0.1) is 31.1 Å². The molecule has 0 bridgehead atoms. The third kappa shape index (κ3) is 8.23. The van der Waals surface area contributed by atoms with Crippen LogP contribution < -0.4 is 20.1 Å². The number of benzene rings is 1. The SMILES string of the molecule is COc1ccc2c(O[C@@H]3CC4C(=O)NC5(C(=O)O)CC5/C=C\CCCCCC(NC(=O)OC(C)(C)C)C(=O)N4C3)cc(C3CCC=CO3)nc2c1. The minimum absolute atomic E-state index is 0.0325. The molecule has 3 N–H and O–H groups in total. The van der Waals surface area contributed by atoms with Crippen molar-refractivity contribution in [2.24, 2.45) is 5.92 Å². The Labute approximate surface area is 297 Å². The number of pyridine rings is 1. The third-order valence-corrected chi connectivity index (χ3v) is 9.87. The number of hydrogen-bond donors (Lipinski definition) is 3. The van der Waals surface area contributed by atoms with Gasteiger partial charge in [-0.1, -0.05) is 25.0 Å². The van der Waals surface area contributed by atoms with E-state index in [1.807, 2.05) is 42.5 Å². The molecule has 0 spiro atoms. The zero-order valence-corrected chi connectivity index (χ0v) is 29.7. The maximum Gasteiger partial charge on any atom is 0.408 e. The lowest BCUT2D eigenvalue weighted by Gasteiger charge is -2.30. The van der Waals surface area contributed by atoms with Gasteiger partial charge in [-0.3, -0.25) is 9.59 Å². The molecule has 51 heavy (non-hydrogen) atoms. The molecule has 0 radical (unpaired) electrons. The van der Waals surface area contributed by atoms with Crippen molar-refractivity contribution >= 4 is 34.8 Å². The van der Waals surface area contributed by atoms with E-state index in [2.05, 4.69) is 10.6 Å². The molecule has 3 amide bonds. The van der Waals surface area contributed by atoms with Gasteiger partial charge in [0, 0.05) is 29.9 Å². The van der Waals surface area contributed by atoms with Crippen molar-refractivity contribution in [3.8, 4) is 11.5 Å². The van der Waals surface area contributed by atoms with E-state index in [0.717, 1.165) is 32.1 Å². The highest BCUT2D eigenvalue weighted by atomic mass is 16.6. The van der Waals surface area contributed by atoms with Gasteiger partial charge < -0.3 is 39.6 Å². The Bertz CT molecular complexity index is 1720. The first-order valence-corrected chi connectivity index (χ1v) is 17.8. The molecule has 2 fully saturated rings. The highest BCUT2D eigenvalue weighted by Crippen LogP contribution is 2.45. The van der Waals surface area contributed by atoms with Crippen LogP contribution in [0.3, 0.4) is 0 Å². The predicted molar refractivity (Wildman–Crippen MR) is 187 cm³/mol. The fourth-order valence-electron chi connectivity index (χ4n) is 7.11. The van der Waals surface area contributed by atoms with Crippen LogP contribution in [0.4, 0.5) is 4.79 Å². The number of hydrogen-bond acceptors (Lipinski definition) is 9. The summed E-state index contributed by atoms with van der Waals surface area (Å²) < 4.78 is 23.5. The van der Waals surface area contributed by atoms with E-state index in [-0.39, 0.29) is 31.4 Å². The molecule has 6 rings (SSSR count). The molecule has 4 aliphatic rings. The molecule has 13 heteroatoms. The van der Waals surface area contributed by atoms with Gasteiger partial charge in [-0.05, 0) is 77.5 Å². The molecule has 1 aromatic carbocycles. The summed E-state index contributed by atoms with van der Waals surface area (Å²) in [5.74, 6) is -1.36. The number of carbonyl (C=O) groups excluding carboxylic acids is 3. The minimum atomic E-state index is -1.45. The van der Waals surface area contributed by atoms with Crippen LogP contribution in [-0.4, -0.2) is 81.8 Å². The number of allylic oxidation sites excluding steroid dienone is 2.